The minimum Gasteiger partial charge on any atom is -0.384 e. The van der Waals surface area contributed by atoms with Crippen LogP contribution in [0.15, 0.2) is 4.79 Å². The number of nitrogens with one attached hydrogen (secondary N) is 2. The number of hydrogen-bond donors (Lipinski definition) is 2. The van der Waals surface area contributed by atoms with Crippen molar-refractivity contribution in [3.05, 3.63) is 27.4 Å². The highest BCUT2D eigenvalue weighted by molar-refractivity contribution is 5.76. The van der Waals surface area contributed by atoms with Gasteiger partial charge in [-0.25, -0.2) is 4.79 Å². The van der Waals surface area contributed by atoms with Crippen molar-refractivity contribution in [1.29, 1.82) is 0 Å². The third-order valence-corrected chi connectivity index (χ3v) is 4.44. The Morgan fingerprint density at radius 2 is 2.18 bits per heavy atom. The summed E-state index contributed by atoms with van der Waals surface area (Å²) < 4.78 is 5.22. The van der Waals surface area contributed by atoms with E-state index in [1.807, 2.05) is 6.92 Å². The quantitative estimate of drug-likeness (QED) is 0.828. The minimum atomic E-state index is -0.337. The van der Waals surface area contributed by atoms with Crippen LogP contribution in [0.4, 0.5) is 0 Å². The molecular weight excluding hydrogens is 282 g/mol. The Labute approximate surface area is 130 Å². The van der Waals surface area contributed by atoms with Gasteiger partial charge in [-0.3, -0.25) is 4.79 Å². The van der Waals surface area contributed by atoms with E-state index >= 15 is 0 Å². The fraction of sp³-hybridized carbons (Fsp3) is 0.688. The number of hydrogen-bond acceptors (Lipinski definition) is 4. The van der Waals surface area contributed by atoms with Gasteiger partial charge >= 0.3 is 5.69 Å². The van der Waals surface area contributed by atoms with E-state index in [2.05, 4.69) is 15.3 Å². The average Bonchev–Trinajstić information content (AvgIpc) is 2.85. The zero-order chi connectivity index (χ0) is 16.1. The largest absolute Gasteiger partial charge is 0.384 e. The first-order chi connectivity index (χ1) is 10.5. The molecule has 1 aliphatic carbocycles. The number of aromatic amines is 1. The summed E-state index contributed by atoms with van der Waals surface area (Å²) >= 11 is 0. The Bertz CT molecular complexity index is 556. The van der Waals surface area contributed by atoms with E-state index in [4.69, 9.17) is 4.74 Å². The van der Waals surface area contributed by atoms with Crippen molar-refractivity contribution in [2.75, 3.05) is 13.7 Å². The van der Waals surface area contributed by atoms with E-state index in [0.717, 1.165) is 30.5 Å². The van der Waals surface area contributed by atoms with Gasteiger partial charge in [-0.15, -0.1) is 0 Å². The molecule has 0 unspecified atom stereocenters. The second kappa shape index (κ2) is 7.54. The first kappa shape index (κ1) is 16.7. The Kier molecular flexibility index (Phi) is 5.71. The van der Waals surface area contributed by atoms with Crippen molar-refractivity contribution >= 4 is 5.91 Å². The van der Waals surface area contributed by atoms with E-state index in [1.165, 1.54) is 0 Å². The molecular formula is C16H25N3O3. The number of carbonyl (C=O) groups excluding carboxylic acids is 1. The topological polar surface area (TPSA) is 84.1 Å². The molecule has 1 saturated carbocycles. The van der Waals surface area contributed by atoms with Gasteiger partial charge < -0.3 is 15.0 Å². The van der Waals surface area contributed by atoms with Crippen LogP contribution in [0.5, 0.6) is 0 Å². The summed E-state index contributed by atoms with van der Waals surface area (Å²) in [6, 6.07) is 0.225. The Balaban J connectivity index is 1.89. The number of carbonyl (C=O) groups is 1. The molecule has 0 aromatic carbocycles. The lowest BCUT2D eigenvalue weighted by molar-refractivity contribution is -0.122. The lowest BCUT2D eigenvalue weighted by atomic mass is 10.0. The summed E-state index contributed by atoms with van der Waals surface area (Å²) in [5.74, 6) is 0.477. The van der Waals surface area contributed by atoms with Crippen molar-refractivity contribution in [1.82, 2.24) is 15.3 Å². The monoisotopic (exact) mass is 307 g/mol. The predicted octanol–water partition coefficient (Wildman–Crippen LogP) is 1.25. The lowest BCUT2D eigenvalue weighted by Gasteiger charge is -2.20. The normalized spacial score (nSPS) is 21.0. The highest BCUT2D eigenvalue weighted by atomic mass is 16.5. The molecule has 122 valence electrons. The van der Waals surface area contributed by atoms with Crippen LogP contribution in [0.1, 0.15) is 42.6 Å². The van der Waals surface area contributed by atoms with E-state index in [1.54, 1.807) is 14.0 Å². The number of rotatable bonds is 6. The number of H-pyrrole nitrogens is 1. The van der Waals surface area contributed by atoms with E-state index < -0.39 is 0 Å². The number of methoxy groups -OCH3 is 1. The zero-order valence-electron chi connectivity index (χ0n) is 13.6. The van der Waals surface area contributed by atoms with Crippen molar-refractivity contribution in [3.8, 4) is 0 Å². The second-order valence-electron chi connectivity index (χ2n) is 6.05. The first-order valence-electron chi connectivity index (χ1n) is 7.86. The standard InChI is InChI=1S/C16H25N3O3/c1-10-13(11(2)18-16(21)17-10)7-8-15(20)19-14-6-4-5-12(14)9-22-3/h12,14H,4-9H2,1-3H3,(H,19,20)(H,17,18,21)/t12-,14-/m0/s1. The molecule has 0 aliphatic heterocycles. The Morgan fingerprint density at radius 3 is 2.86 bits per heavy atom. The average molecular weight is 307 g/mol. The first-order valence-corrected chi connectivity index (χ1v) is 7.86. The highest BCUT2D eigenvalue weighted by Gasteiger charge is 2.28. The summed E-state index contributed by atoms with van der Waals surface area (Å²) in [7, 11) is 1.70. The van der Waals surface area contributed by atoms with Crippen LogP contribution in [0.25, 0.3) is 0 Å². The van der Waals surface area contributed by atoms with Crippen LogP contribution in [-0.2, 0) is 16.0 Å². The number of ether oxygens (including phenoxy) is 1. The molecule has 0 saturated heterocycles. The van der Waals surface area contributed by atoms with E-state index in [-0.39, 0.29) is 17.6 Å². The van der Waals surface area contributed by atoms with Gasteiger partial charge in [0.05, 0.1) is 6.61 Å². The van der Waals surface area contributed by atoms with Crippen LogP contribution >= 0.6 is 0 Å². The van der Waals surface area contributed by atoms with Gasteiger partial charge in [0.2, 0.25) is 5.91 Å². The fourth-order valence-electron chi connectivity index (χ4n) is 3.28. The summed E-state index contributed by atoms with van der Waals surface area (Å²) in [5, 5.41) is 3.12. The molecule has 0 spiro atoms. The van der Waals surface area contributed by atoms with Crippen molar-refractivity contribution < 1.29 is 9.53 Å². The predicted molar refractivity (Wildman–Crippen MR) is 83.8 cm³/mol. The van der Waals surface area contributed by atoms with Gasteiger partial charge in [0.1, 0.15) is 0 Å². The van der Waals surface area contributed by atoms with Crippen LogP contribution in [-0.4, -0.2) is 35.6 Å². The van der Waals surface area contributed by atoms with Gasteiger partial charge in [0, 0.05) is 36.9 Å². The maximum atomic E-state index is 12.2. The van der Waals surface area contributed by atoms with Crippen LogP contribution in [0.2, 0.25) is 0 Å². The maximum Gasteiger partial charge on any atom is 0.345 e. The molecule has 1 aromatic rings. The molecule has 0 radical (unpaired) electrons. The van der Waals surface area contributed by atoms with E-state index in [0.29, 0.717) is 31.1 Å². The summed E-state index contributed by atoms with van der Waals surface area (Å²) in [5.41, 5.74) is 2.11. The molecule has 1 amide bonds. The summed E-state index contributed by atoms with van der Waals surface area (Å²) in [6.45, 7) is 4.35. The smallest absolute Gasteiger partial charge is 0.345 e. The third-order valence-electron chi connectivity index (χ3n) is 4.44. The highest BCUT2D eigenvalue weighted by Crippen LogP contribution is 2.25. The van der Waals surface area contributed by atoms with Crippen molar-refractivity contribution in [2.45, 2.75) is 52.0 Å². The molecule has 6 heteroatoms. The van der Waals surface area contributed by atoms with E-state index in [9.17, 15) is 9.59 Å². The molecule has 6 nitrogen and oxygen atoms in total. The number of amides is 1. The number of aryl methyl sites for hydroxylation is 2. The van der Waals surface area contributed by atoms with Crippen molar-refractivity contribution in [2.24, 2.45) is 5.92 Å². The zero-order valence-corrected chi connectivity index (χ0v) is 13.6. The maximum absolute atomic E-state index is 12.2. The molecule has 2 rings (SSSR count). The van der Waals surface area contributed by atoms with Crippen LogP contribution in [0.3, 0.4) is 0 Å². The van der Waals surface area contributed by atoms with Gasteiger partial charge in [-0.2, -0.15) is 4.98 Å². The van der Waals surface area contributed by atoms with Gasteiger partial charge in [0.15, 0.2) is 0 Å². The molecule has 22 heavy (non-hydrogen) atoms. The summed E-state index contributed by atoms with van der Waals surface area (Å²) in [6.07, 6.45) is 4.28. The lowest BCUT2D eigenvalue weighted by Crippen LogP contribution is -2.39. The van der Waals surface area contributed by atoms with Gasteiger partial charge in [0.25, 0.3) is 0 Å². The molecule has 1 fully saturated rings. The Hall–Kier alpha value is -1.69. The van der Waals surface area contributed by atoms with Crippen LogP contribution < -0.4 is 11.0 Å². The Morgan fingerprint density at radius 1 is 1.41 bits per heavy atom. The molecule has 1 aromatic heterocycles. The molecule has 1 heterocycles. The second-order valence-corrected chi connectivity index (χ2v) is 6.05. The minimum absolute atomic E-state index is 0.0537. The number of aromatic nitrogens is 2. The molecule has 2 N–H and O–H groups in total. The van der Waals surface area contributed by atoms with Crippen molar-refractivity contribution in [3.63, 3.8) is 0 Å². The number of nitrogens with zero attached hydrogens (tertiary/aromatic N) is 1. The van der Waals surface area contributed by atoms with Gasteiger partial charge in [-0.1, -0.05) is 6.42 Å². The molecule has 1 aliphatic rings. The summed E-state index contributed by atoms with van der Waals surface area (Å²) in [4.78, 5) is 30.0. The molecule has 0 bridgehead atoms. The van der Waals surface area contributed by atoms with Crippen LogP contribution in [0, 0.1) is 19.8 Å². The van der Waals surface area contributed by atoms with Gasteiger partial charge in [-0.05, 0) is 38.7 Å². The SMILES string of the molecule is COC[C@@H]1CCC[C@@H]1NC(=O)CCc1c(C)nc(=O)[nH]c1C. The third kappa shape index (κ3) is 4.16. The fourth-order valence-corrected chi connectivity index (χ4v) is 3.28. The molecule has 2 atom stereocenters.